The highest BCUT2D eigenvalue weighted by molar-refractivity contribution is 5.45. The number of rotatable bonds is 6. The van der Waals surface area contributed by atoms with E-state index < -0.39 is 0 Å². The van der Waals surface area contributed by atoms with E-state index in [0.717, 1.165) is 57.2 Å². The van der Waals surface area contributed by atoms with E-state index in [1.54, 1.807) is 0 Å². The average molecular weight is 249 g/mol. The van der Waals surface area contributed by atoms with Crippen molar-refractivity contribution in [2.24, 2.45) is 5.92 Å². The van der Waals surface area contributed by atoms with E-state index in [0.29, 0.717) is 5.92 Å². The number of ether oxygens (including phenoxy) is 1. The lowest BCUT2D eigenvalue weighted by Gasteiger charge is -2.22. The number of anilines is 2. The van der Waals surface area contributed by atoms with Gasteiger partial charge in [-0.25, -0.2) is 4.98 Å². The molecule has 0 amide bonds. The summed E-state index contributed by atoms with van der Waals surface area (Å²) < 4.78 is 5.36. The maximum absolute atomic E-state index is 5.36. The monoisotopic (exact) mass is 249 g/mol. The van der Waals surface area contributed by atoms with Gasteiger partial charge >= 0.3 is 0 Å². The molecular formula is C14H23N3O. The van der Waals surface area contributed by atoms with Crippen LogP contribution in [0.5, 0.6) is 0 Å². The molecule has 1 saturated heterocycles. The van der Waals surface area contributed by atoms with E-state index in [1.165, 1.54) is 0 Å². The van der Waals surface area contributed by atoms with Crippen LogP contribution in [0.15, 0.2) is 18.2 Å². The Bertz CT molecular complexity index is 351. The van der Waals surface area contributed by atoms with E-state index in [2.05, 4.69) is 22.5 Å². The van der Waals surface area contributed by atoms with Gasteiger partial charge in [0.15, 0.2) is 0 Å². The third-order valence-corrected chi connectivity index (χ3v) is 3.22. The lowest BCUT2D eigenvalue weighted by Crippen LogP contribution is -2.23. The summed E-state index contributed by atoms with van der Waals surface area (Å²) in [5, 5.41) is 6.73. The van der Waals surface area contributed by atoms with Crippen molar-refractivity contribution in [3.63, 3.8) is 0 Å². The quantitative estimate of drug-likeness (QED) is 0.814. The number of hydrogen-bond acceptors (Lipinski definition) is 4. The number of nitrogens with zero attached hydrogens (tertiary/aromatic N) is 1. The molecule has 0 saturated carbocycles. The summed E-state index contributed by atoms with van der Waals surface area (Å²) >= 11 is 0. The second-order valence-electron chi connectivity index (χ2n) is 4.77. The van der Waals surface area contributed by atoms with Gasteiger partial charge in [-0.1, -0.05) is 13.0 Å². The van der Waals surface area contributed by atoms with Gasteiger partial charge in [0.1, 0.15) is 11.6 Å². The number of hydrogen-bond donors (Lipinski definition) is 2. The number of pyridine rings is 1. The largest absolute Gasteiger partial charge is 0.381 e. The SMILES string of the molecule is CCCNc1cccc(NCC2CCOCC2)n1. The van der Waals surface area contributed by atoms with E-state index in [4.69, 9.17) is 4.74 Å². The zero-order chi connectivity index (χ0) is 12.6. The molecule has 1 aromatic rings. The summed E-state index contributed by atoms with van der Waals surface area (Å²) in [6.45, 7) is 5.92. The fourth-order valence-electron chi connectivity index (χ4n) is 2.08. The van der Waals surface area contributed by atoms with Crippen molar-refractivity contribution in [1.29, 1.82) is 0 Å². The van der Waals surface area contributed by atoms with Gasteiger partial charge in [-0.2, -0.15) is 0 Å². The van der Waals surface area contributed by atoms with Crippen LogP contribution in [0, 0.1) is 5.92 Å². The highest BCUT2D eigenvalue weighted by Gasteiger charge is 2.13. The maximum atomic E-state index is 5.36. The minimum atomic E-state index is 0.716. The molecule has 2 heterocycles. The topological polar surface area (TPSA) is 46.2 Å². The molecule has 4 nitrogen and oxygen atoms in total. The predicted molar refractivity (Wildman–Crippen MR) is 75.1 cm³/mol. The highest BCUT2D eigenvalue weighted by Crippen LogP contribution is 2.16. The Balaban J connectivity index is 1.80. The molecule has 0 aromatic carbocycles. The minimum Gasteiger partial charge on any atom is -0.381 e. The first-order chi connectivity index (χ1) is 8.88. The maximum Gasteiger partial charge on any atom is 0.128 e. The third kappa shape index (κ3) is 4.18. The lowest BCUT2D eigenvalue weighted by atomic mass is 10.0. The minimum absolute atomic E-state index is 0.716. The van der Waals surface area contributed by atoms with Gasteiger partial charge in [0, 0.05) is 26.3 Å². The van der Waals surface area contributed by atoms with Gasteiger partial charge in [-0.05, 0) is 37.3 Å². The van der Waals surface area contributed by atoms with E-state index in [-0.39, 0.29) is 0 Å². The Morgan fingerprint density at radius 1 is 1.22 bits per heavy atom. The van der Waals surface area contributed by atoms with Gasteiger partial charge in [0.05, 0.1) is 0 Å². The van der Waals surface area contributed by atoms with Crippen LogP contribution in [0.3, 0.4) is 0 Å². The Hall–Kier alpha value is -1.29. The molecule has 0 radical (unpaired) electrons. The Kier molecular flexibility index (Phi) is 5.27. The Morgan fingerprint density at radius 3 is 2.67 bits per heavy atom. The average Bonchev–Trinajstić information content (AvgIpc) is 2.44. The van der Waals surface area contributed by atoms with Gasteiger partial charge in [0.25, 0.3) is 0 Å². The van der Waals surface area contributed by atoms with Gasteiger partial charge < -0.3 is 15.4 Å². The van der Waals surface area contributed by atoms with Crippen molar-refractivity contribution >= 4 is 11.6 Å². The number of nitrogens with one attached hydrogen (secondary N) is 2. The summed E-state index contributed by atoms with van der Waals surface area (Å²) in [4.78, 5) is 4.54. The molecular weight excluding hydrogens is 226 g/mol. The predicted octanol–water partition coefficient (Wildman–Crippen LogP) is 2.74. The fourth-order valence-corrected chi connectivity index (χ4v) is 2.08. The molecule has 1 fully saturated rings. The first-order valence-corrected chi connectivity index (χ1v) is 6.91. The van der Waals surface area contributed by atoms with Crippen molar-refractivity contribution in [3.05, 3.63) is 18.2 Å². The van der Waals surface area contributed by atoms with Gasteiger partial charge in [-0.3, -0.25) is 0 Å². The molecule has 0 unspecified atom stereocenters. The molecule has 1 aliphatic rings. The van der Waals surface area contributed by atoms with Gasteiger partial charge in [0.2, 0.25) is 0 Å². The Morgan fingerprint density at radius 2 is 1.94 bits per heavy atom. The third-order valence-electron chi connectivity index (χ3n) is 3.22. The molecule has 18 heavy (non-hydrogen) atoms. The molecule has 2 N–H and O–H groups in total. The van der Waals surface area contributed by atoms with Crippen molar-refractivity contribution in [3.8, 4) is 0 Å². The van der Waals surface area contributed by atoms with Crippen molar-refractivity contribution in [2.45, 2.75) is 26.2 Å². The molecule has 2 rings (SSSR count). The van der Waals surface area contributed by atoms with E-state index in [1.807, 2.05) is 18.2 Å². The van der Waals surface area contributed by atoms with Crippen molar-refractivity contribution < 1.29 is 4.74 Å². The van der Waals surface area contributed by atoms with E-state index >= 15 is 0 Å². The normalized spacial score (nSPS) is 16.5. The van der Waals surface area contributed by atoms with Crippen LogP contribution in [0.2, 0.25) is 0 Å². The van der Waals surface area contributed by atoms with Crippen LogP contribution in [0.25, 0.3) is 0 Å². The fraction of sp³-hybridized carbons (Fsp3) is 0.643. The van der Waals surface area contributed by atoms with Crippen molar-refractivity contribution in [2.75, 3.05) is 36.9 Å². The molecule has 0 aliphatic carbocycles. The first-order valence-electron chi connectivity index (χ1n) is 6.91. The van der Waals surface area contributed by atoms with Crippen LogP contribution in [-0.2, 0) is 4.74 Å². The molecule has 4 heteroatoms. The first kappa shape index (κ1) is 13.1. The highest BCUT2D eigenvalue weighted by atomic mass is 16.5. The molecule has 0 bridgehead atoms. The molecule has 0 spiro atoms. The molecule has 100 valence electrons. The zero-order valence-electron chi connectivity index (χ0n) is 11.1. The second kappa shape index (κ2) is 7.21. The van der Waals surface area contributed by atoms with E-state index in [9.17, 15) is 0 Å². The van der Waals surface area contributed by atoms with Crippen LogP contribution >= 0.6 is 0 Å². The lowest BCUT2D eigenvalue weighted by molar-refractivity contribution is 0.0699. The standard InChI is InChI=1S/C14H23N3O/c1-2-8-15-13-4-3-5-14(17-13)16-11-12-6-9-18-10-7-12/h3-5,12H,2,6-11H2,1H3,(H2,15,16,17). The summed E-state index contributed by atoms with van der Waals surface area (Å²) in [5.74, 6) is 2.63. The van der Waals surface area contributed by atoms with Crippen LogP contribution in [-0.4, -0.2) is 31.3 Å². The molecule has 1 aromatic heterocycles. The summed E-state index contributed by atoms with van der Waals surface area (Å²) in [6.07, 6.45) is 3.42. The van der Waals surface area contributed by atoms with Crippen molar-refractivity contribution in [1.82, 2.24) is 4.98 Å². The van der Waals surface area contributed by atoms with Gasteiger partial charge in [-0.15, -0.1) is 0 Å². The summed E-state index contributed by atoms with van der Waals surface area (Å²) in [5.41, 5.74) is 0. The summed E-state index contributed by atoms with van der Waals surface area (Å²) in [6, 6.07) is 6.07. The van der Waals surface area contributed by atoms with Crippen LogP contribution in [0.1, 0.15) is 26.2 Å². The second-order valence-corrected chi connectivity index (χ2v) is 4.77. The van der Waals surface area contributed by atoms with Crippen LogP contribution in [0.4, 0.5) is 11.6 Å². The number of aromatic nitrogens is 1. The Labute approximate surface area is 109 Å². The van der Waals surface area contributed by atoms with Crippen LogP contribution < -0.4 is 10.6 Å². The zero-order valence-corrected chi connectivity index (χ0v) is 11.1. The molecule has 0 atom stereocenters. The smallest absolute Gasteiger partial charge is 0.128 e. The summed E-state index contributed by atoms with van der Waals surface area (Å²) in [7, 11) is 0. The molecule has 1 aliphatic heterocycles.